The van der Waals surface area contributed by atoms with E-state index >= 15 is 0 Å². The van der Waals surface area contributed by atoms with Crippen molar-refractivity contribution in [3.63, 3.8) is 0 Å². The van der Waals surface area contributed by atoms with Gasteiger partial charge in [-0.1, -0.05) is 12.1 Å². The number of ether oxygens (including phenoxy) is 4. The zero-order valence-electron chi connectivity index (χ0n) is 15.8. The Morgan fingerprint density at radius 3 is 2.19 bits per heavy atom. The maximum absolute atomic E-state index is 12.1. The molecule has 0 heterocycles. The van der Waals surface area contributed by atoms with E-state index in [1.165, 1.54) is 0 Å². The molecule has 0 fully saturated rings. The van der Waals surface area contributed by atoms with Crippen LogP contribution in [0.1, 0.15) is 35.3 Å². The summed E-state index contributed by atoms with van der Waals surface area (Å²) >= 11 is 0. The van der Waals surface area contributed by atoms with E-state index < -0.39 is 5.97 Å². The molecule has 0 saturated heterocycles. The highest BCUT2D eigenvalue weighted by atomic mass is 16.5. The van der Waals surface area contributed by atoms with E-state index in [-0.39, 0.29) is 19.0 Å². The molecule has 0 aliphatic carbocycles. The van der Waals surface area contributed by atoms with Gasteiger partial charge in [0.1, 0.15) is 18.1 Å². The van der Waals surface area contributed by atoms with Crippen molar-refractivity contribution in [1.82, 2.24) is 0 Å². The molecule has 0 N–H and O–H groups in total. The maximum atomic E-state index is 12.1. The van der Waals surface area contributed by atoms with Gasteiger partial charge in [-0.25, -0.2) is 4.79 Å². The Hall–Kier alpha value is -3.02. The first kappa shape index (κ1) is 20.3. The lowest BCUT2D eigenvalue weighted by atomic mass is 10.1. The molecule has 2 aromatic rings. The molecule has 0 atom stereocenters. The van der Waals surface area contributed by atoms with Crippen LogP contribution in [0.2, 0.25) is 0 Å². The predicted octanol–water partition coefficient (Wildman–Crippen LogP) is 3.56. The Morgan fingerprint density at radius 2 is 1.56 bits per heavy atom. The number of rotatable bonds is 9. The van der Waals surface area contributed by atoms with Gasteiger partial charge in [-0.05, 0) is 49.7 Å². The summed E-state index contributed by atoms with van der Waals surface area (Å²) in [5.41, 5.74) is 1.95. The standard InChI is InChI=1S/C21H24O6/c1-4-25-20(22)12-15-6-8-17(9-7-15)27-14-16-13-18(24-3)10-11-19(16)21(23)26-5-2/h6-11,13H,4-5,12,14H2,1-3H3. The molecule has 144 valence electrons. The first-order valence-corrected chi connectivity index (χ1v) is 8.78. The van der Waals surface area contributed by atoms with Gasteiger partial charge < -0.3 is 18.9 Å². The molecular formula is C21H24O6. The number of hydrogen-bond donors (Lipinski definition) is 0. The number of esters is 2. The van der Waals surface area contributed by atoms with E-state index in [1.54, 1.807) is 51.3 Å². The van der Waals surface area contributed by atoms with Crippen LogP contribution in [0.25, 0.3) is 0 Å². The Kier molecular flexibility index (Phi) is 7.67. The van der Waals surface area contributed by atoms with Gasteiger partial charge >= 0.3 is 11.9 Å². The van der Waals surface area contributed by atoms with Crippen molar-refractivity contribution in [3.8, 4) is 11.5 Å². The number of methoxy groups -OCH3 is 1. The van der Waals surface area contributed by atoms with E-state index in [0.717, 1.165) is 5.56 Å². The lowest BCUT2D eigenvalue weighted by molar-refractivity contribution is -0.142. The Labute approximate surface area is 159 Å². The minimum Gasteiger partial charge on any atom is -0.497 e. The molecule has 0 radical (unpaired) electrons. The van der Waals surface area contributed by atoms with E-state index in [4.69, 9.17) is 18.9 Å². The van der Waals surface area contributed by atoms with Gasteiger partial charge in [-0.2, -0.15) is 0 Å². The van der Waals surface area contributed by atoms with Gasteiger partial charge in [-0.3, -0.25) is 4.79 Å². The quantitative estimate of drug-likeness (QED) is 0.627. The average molecular weight is 372 g/mol. The van der Waals surface area contributed by atoms with Crippen LogP contribution < -0.4 is 9.47 Å². The molecule has 0 spiro atoms. The number of benzene rings is 2. The van der Waals surface area contributed by atoms with Crippen molar-refractivity contribution in [2.24, 2.45) is 0 Å². The van der Waals surface area contributed by atoms with Crippen LogP contribution >= 0.6 is 0 Å². The van der Waals surface area contributed by atoms with Gasteiger partial charge in [0.15, 0.2) is 0 Å². The summed E-state index contributed by atoms with van der Waals surface area (Å²) in [4.78, 5) is 23.6. The molecule has 0 aliphatic rings. The van der Waals surface area contributed by atoms with Crippen molar-refractivity contribution < 1.29 is 28.5 Å². The minimum atomic E-state index is -0.400. The van der Waals surface area contributed by atoms with E-state index in [2.05, 4.69) is 0 Å². The largest absolute Gasteiger partial charge is 0.497 e. The first-order valence-electron chi connectivity index (χ1n) is 8.78. The zero-order chi connectivity index (χ0) is 19.6. The molecule has 0 amide bonds. The summed E-state index contributed by atoms with van der Waals surface area (Å²) in [6.07, 6.45) is 0.219. The maximum Gasteiger partial charge on any atom is 0.338 e. The van der Waals surface area contributed by atoms with E-state index in [1.807, 2.05) is 12.1 Å². The summed E-state index contributed by atoms with van der Waals surface area (Å²) in [7, 11) is 1.56. The minimum absolute atomic E-state index is 0.183. The highest BCUT2D eigenvalue weighted by Gasteiger charge is 2.14. The highest BCUT2D eigenvalue weighted by molar-refractivity contribution is 5.91. The van der Waals surface area contributed by atoms with Crippen molar-refractivity contribution in [2.75, 3.05) is 20.3 Å². The van der Waals surface area contributed by atoms with E-state index in [0.29, 0.717) is 35.8 Å². The Morgan fingerprint density at radius 1 is 0.889 bits per heavy atom. The molecule has 6 heteroatoms. The highest BCUT2D eigenvalue weighted by Crippen LogP contribution is 2.21. The molecule has 0 aliphatic heterocycles. The molecule has 27 heavy (non-hydrogen) atoms. The predicted molar refractivity (Wildman–Crippen MR) is 100 cm³/mol. The third-order valence-corrected chi connectivity index (χ3v) is 3.78. The van der Waals surface area contributed by atoms with Gasteiger partial charge in [0.05, 0.1) is 32.3 Å². The molecule has 0 saturated carbocycles. The van der Waals surface area contributed by atoms with Crippen LogP contribution in [-0.4, -0.2) is 32.3 Å². The summed E-state index contributed by atoms with van der Waals surface area (Å²) in [6.45, 7) is 4.38. The second-order valence-corrected chi connectivity index (χ2v) is 5.66. The van der Waals surface area contributed by atoms with Crippen LogP contribution in [-0.2, 0) is 27.3 Å². The van der Waals surface area contributed by atoms with Crippen LogP contribution in [0.5, 0.6) is 11.5 Å². The first-order chi connectivity index (χ1) is 13.1. The second-order valence-electron chi connectivity index (χ2n) is 5.66. The molecule has 0 unspecified atom stereocenters. The normalized spacial score (nSPS) is 10.2. The van der Waals surface area contributed by atoms with Crippen molar-refractivity contribution in [3.05, 3.63) is 59.2 Å². The topological polar surface area (TPSA) is 71.1 Å². The Balaban J connectivity index is 2.06. The Bertz CT molecular complexity index is 767. The number of hydrogen-bond acceptors (Lipinski definition) is 6. The fourth-order valence-corrected chi connectivity index (χ4v) is 2.47. The van der Waals surface area contributed by atoms with Crippen LogP contribution in [0.15, 0.2) is 42.5 Å². The van der Waals surface area contributed by atoms with Crippen molar-refractivity contribution >= 4 is 11.9 Å². The number of carbonyl (C=O) groups is 2. The van der Waals surface area contributed by atoms with Crippen molar-refractivity contribution in [1.29, 1.82) is 0 Å². The van der Waals surface area contributed by atoms with E-state index in [9.17, 15) is 9.59 Å². The third kappa shape index (κ3) is 6.02. The second kappa shape index (κ2) is 10.2. The van der Waals surface area contributed by atoms with Gasteiger partial charge in [0, 0.05) is 5.56 Å². The molecule has 0 bridgehead atoms. The van der Waals surface area contributed by atoms with Crippen LogP contribution in [0.4, 0.5) is 0 Å². The van der Waals surface area contributed by atoms with Gasteiger partial charge in [-0.15, -0.1) is 0 Å². The summed E-state index contributed by atoms with van der Waals surface area (Å²) in [5, 5.41) is 0. The smallest absolute Gasteiger partial charge is 0.338 e. The molecule has 2 rings (SSSR count). The third-order valence-electron chi connectivity index (χ3n) is 3.78. The van der Waals surface area contributed by atoms with Gasteiger partial charge in [0.2, 0.25) is 0 Å². The molecule has 2 aromatic carbocycles. The molecule has 6 nitrogen and oxygen atoms in total. The van der Waals surface area contributed by atoms with Crippen molar-refractivity contribution in [2.45, 2.75) is 26.9 Å². The lowest BCUT2D eigenvalue weighted by Gasteiger charge is -2.12. The summed E-state index contributed by atoms with van der Waals surface area (Å²) in [6, 6.07) is 12.3. The zero-order valence-corrected chi connectivity index (χ0v) is 15.8. The molecular weight excluding hydrogens is 348 g/mol. The fraction of sp³-hybridized carbons (Fsp3) is 0.333. The van der Waals surface area contributed by atoms with Gasteiger partial charge in [0.25, 0.3) is 0 Å². The monoisotopic (exact) mass is 372 g/mol. The average Bonchev–Trinajstić information content (AvgIpc) is 2.67. The summed E-state index contributed by atoms with van der Waals surface area (Å²) < 4.78 is 21.0. The van der Waals surface area contributed by atoms with Crippen LogP contribution in [0, 0.1) is 0 Å². The van der Waals surface area contributed by atoms with Crippen LogP contribution in [0.3, 0.4) is 0 Å². The molecule has 0 aromatic heterocycles. The lowest BCUT2D eigenvalue weighted by Crippen LogP contribution is -2.10. The fourth-order valence-electron chi connectivity index (χ4n) is 2.47. The SMILES string of the molecule is CCOC(=O)Cc1ccc(OCc2cc(OC)ccc2C(=O)OCC)cc1. The number of carbonyl (C=O) groups excluding carboxylic acids is 2. The summed E-state index contributed by atoms with van der Waals surface area (Å²) in [5.74, 6) is 0.594.